The molecule has 0 fully saturated rings. The van der Waals surface area contributed by atoms with Crippen LogP contribution >= 0.6 is 0 Å². The highest BCUT2D eigenvalue weighted by Crippen LogP contribution is 2.35. The fourth-order valence-corrected chi connectivity index (χ4v) is 1.76. The predicted octanol–water partition coefficient (Wildman–Crippen LogP) is 2.11. The number of ether oxygens (including phenoxy) is 1. The first kappa shape index (κ1) is 14.6. The number of aromatic nitrogens is 3. The number of nitrogens with two attached hydrogens (primary N) is 2. The molecule has 0 aliphatic rings. The monoisotopic (exact) mass is 283 g/mol. The van der Waals surface area contributed by atoms with Crippen LogP contribution in [-0.2, 0) is 5.41 Å². The third-order valence-corrected chi connectivity index (χ3v) is 2.84. The fourth-order valence-electron chi connectivity index (χ4n) is 1.76. The van der Waals surface area contributed by atoms with Gasteiger partial charge in [-0.1, -0.05) is 26.7 Å². The zero-order valence-electron chi connectivity index (χ0n) is 12.2. The molecule has 0 aromatic carbocycles. The SMILES string of the molecule is C#Cc1cc(Oc2cnc(N)nc2N)c(C(C)(C)C)cn1. The van der Waals surface area contributed by atoms with E-state index in [4.69, 9.17) is 22.6 Å². The van der Waals surface area contributed by atoms with Gasteiger partial charge in [-0.2, -0.15) is 4.98 Å². The zero-order valence-corrected chi connectivity index (χ0v) is 12.2. The number of pyridine rings is 1. The molecule has 0 atom stereocenters. The summed E-state index contributed by atoms with van der Waals surface area (Å²) in [7, 11) is 0. The Labute approximate surface area is 123 Å². The number of nitrogens with zero attached hydrogens (tertiary/aromatic N) is 3. The highest BCUT2D eigenvalue weighted by atomic mass is 16.5. The molecule has 0 aliphatic heterocycles. The first-order valence-electron chi connectivity index (χ1n) is 6.34. The van der Waals surface area contributed by atoms with Gasteiger partial charge in [-0.25, -0.2) is 9.97 Å². The summed E-state index contributed by atoms with van der Waals surface area (Å²) in [5, 5.41) is 0. The van der Waals surface area contributed by atoms with Crippen LogP contribution in [0.1, 0.15) is 32.0 Å². The largest absolute Gasteiger partial charge is 0.451 e. The van der Waals surface area contributed by atoms with Gasteiger partial charge in [0.15, 0.2) is 11.6 Å². The minimum Gasteiger partial charge on any atom is -0.451 e. The maximum Gasteiger partial charge on any atom is 0.222 e. The maximum atomic E-state index is 5.82. The van der Waals surface area contributed by atoms with Crippen molar-refractivity contribution in [1.29, 1.82) is 0 Å². The molecule has 0 bridgehead atoms. The average Bonchev–Trinajstić information content (AvgIpc) is 2.40. The van der Waals surface area contributed by atoms with E-state index in [1.165, 1.54) is 6.20 Å². The van der Waals surface area contributed by atoms with E-state index in [-0.39, 0.29) is 17.2 Å². The van der Waals surface area contributed by atoms with Gasteiger partial charge in [0.25, 0.3) is 0 Å². The zero-order chi connectivity index (χ0) is 15.6. The molecule has 2 aromatic heterocycles. The van der Waals surface area contributed by atoms with E-state index in [0.29, 0.717) is 17.2 Å². The molecule has 6 heteroatoms. The minimum atomic E-state index is -0.168. The molecule has 0 unspecified atom stereocenters. The number of rotatable bonds is 2. The molecule has 6 nitrogen and oxygen atoms in total. The van der Waals surface area contributed by atoms with Crippen LogP contribution in [0.2, 0.25) is 0 Å². The van der Waals surface area contributed by atoms with Crippen LogP contribution in [0.25, 0.3) is 0 Å². The summed E-state index contributed by atoms with van der Waals surface area (Å²) in [6.07, 6.45) is 8.52. The molecular formula is C15H17N5O. The molecule has 2 aromatic rings. The second kappa shape index (κ2) is 5.29. The Hall–Kier alpha value is -2.81. The maximum absolute atomic E-state index is 5.82. The molecular weight excluding hydrogens is 266 g/mol. The summed E-state index contributed by atoms with van der Waals surface area (Å²) in [5.41, 5.74) is 12.5. The van der Waals surface area contributed by atoms with Gasteiger partial charge in [0.1, 0.15) is 11.4 Å². The van der Waals surface area contributed by atoms with E-state index in [9.17, 15) is 0 Å². The van der Waals surface area contributed by atoms with Gasteiger partial charge < -0.3 is 16.2 Å². The molecule has 108 valence electrons. The first-order chi connectivity index (χ1) is 9.81. The van der Waals surface area contributed by atoms with Crippen molar-refractivity contribution >= 4 is 11.8 Å². The Morgan fingerprint density at radius 2 is 1.86 bits per heavy atom. The van der Waals surface area contributed by atoms with Crippen molar-refractivity contribution in [3.8, 4) is 23.8 Å². The highest BCUT2D eigenvalue weighted by molar-refractivity contribution is 5.51. The lowest BCUT2D eigenvalue weighted by Gasteiger charge is -2.22. The van der Waals surface area contributed by atoms with Gasteiger partial charge >= 0.3 is 0 Å². The minimum absolute atomic E-state index is 0.0925. The summed E-state index contributed by atoms with van der Waals surface area (Å²) in [6, 6.07) is 1.69. The predicted molar refractivity (Wildman–Crippen MR) is 81.8 cm³/mol. The Morgan fingerprint density at radius 1 is 1.14 bits per heavy atom. The molecule has 2 heterocycles. The van der Waals surface area contributed by atoms with Crippen LogP contribution in [0.3, 0.4) is 0 Å². The lowest BCUT2D eigenvalue weighted by atomic mass is 9.87. The van der Waals surface area contributed by atoms with Gasteiger partial charge in [0, 0.05) is 17.8 Å². The van der Waals surface area contributed by atoms with E-state index in [1.54, 1.807) is 12.3 Å². The number of anilines is 2. The summed E-state index contributed by atoms with van der Waals surface area (Å²) in [5.74, 6) is 3.64. The number of nitrogen functional groups attached to an aromatic ring is 2. The molecule has 21 heavy (non-hydrogen) atoms. The van der Waals surface area contributed by atoms with Gasteiger partial charge in [-0.3, -0.25) is 0 Å². The third-order valence-electron chi connectivity index (χ3n) is 2.84. The number of terminal acetylenes is 1. The second-order valence-electron chi connectivity index (χ2n) is 5.54. The Balaban J connectivity index is 2.49. The van der Waals surface area contributed by atoms with Crippen LogP contribution in [0.15, 0.2) is 18.5 Å². The van der Waals surface area contributed by atoms with Crippen molar-refractivity contribution in [2.75, 3.05) is 11.5 Å². The van der Waals surface area contributed by atoms with Crippen LogP contribution in [-0.4, -0.2) is 15.0 Å². The summed E-state index contributed by atoms with van der Waals surface area (Å²) in [6.45, 7) is 6.15. The summed E-state index contributed by atoms with van der Waals surface area (Å²) in [4.78, 5) is 11.9. The molecule has 4 N–H and O–H groups in total. The van der Waals surface area contributed by atoms with E-state index in [1.807, 2.05) is 0 Å². The molecule has 0 radical (unpaired) electrons. The van der Waals surface area contributed by atoms with Crippen molar-refractivity contribution in [3.63, 3.8) is 0 Å². The smallest absolute Gasteiger partial charge is 0.222 e. The Kier molecular flexibility index (Phi) is 3.68. The van der Waals surface area contributed by atoms with E-state index in [0.717, 1.165) is 5.56 Å². The highest BCUT2D eigenvalue weighted by Gasteiger charge is 2.21. The Morgan fingerprint density at radius 3 is 2.43 bits per heavy atom. The van der Waals surface area contributed by atoms with Crippen LogP contribution in [0.4, 0.5) is 11.8 Å². The van der Waals surface area contributed by atoms with Crippen molar-refractivity contribution < 1.29 is 4.74 Å². The number of hydrogen-bond acceptors (Lipinski definition) is 6. The van der Waals surface area contributed by atoms with Crippen LogP contribution in [0.5, 0.6) is 11.5 Å². The van der Waals surface area contributed by atoms with Crippen molar-refractivity contribution in [1.82, 2.24) is 15.0 Å². The normalized spacial score (nSPS) is 11.0. The van der Waals surface area contributed by atoms with Gasteiger partial charge in [0.2, 0.25) is 5.95 Å². The van der Waals surface area contributed by atoms with Crippen molar-refractivity contribution in [2.24, 2.45) is 0 Å². The number of hydrogen-bond donors (Lipinski definition) is 2. The van der Waals surface area contributed by atoms with Crippen LogP contribution < -0.4 is 16.2 Å². The standard InChI is InChI=1S/C15H17N5O/c1-5-9-6-11(10(7-18-9)15(2,3)4)21-12-8-19-14(17)20-13(12)16/h1,6-8H,2-4H3,(H4,16,17,19,20). The second-order valence-corrected chi connectivity index (χ2v) is 5.54. The van der Waals surface area contributed by atoms with Gasteiger partial charge in [0.05, 0.1) is 6.20 Å². The fraction of sp³-hybridized carbons (Fsp3) is 0.267. The first-order valence-corrected chi connectivity index (χ1v) is 6.34. The molecule has 0 amide bonds. The van der Waals surface area contributed by atoms with Gasteiger partial charge in [-0.05, 0) is 5.41 Å². The quantitative estimate of drug-likeness (QED) is 0.819. The summed E-state index contributed by atoms with van der Waals surface area (Å²) >= 11 is 0. The van der Waals surface area contributed by atoms with E-state index >= 15 is 0 Å². The molecule has 0 aliphatic carbocycles. The molecule has 0 spiro atoms. The van der Waals surface area contributed by atoms with Crippen molar-refractivity contribution in [3.05, 3.63) is 29.7 Å². The topological polar surface area (TPSA) is 99.9 Å². The lowest BCUT2D eigenvalue weighted by Crippen LogP contribution is -2.14. The summed E-state index contributed by atoms with van der Waals surface area (Å²) < 4.78 is 5.82. The van der Waals surface area contributed by atoms with Crippen LogP contribution in [0, 0.1) is 12.3 Å². The van der Waals surface area contributed by atoms with Crippen molar-refractivity contribution in [2.45, 2.75) is 26.2 Å². The van der Waals surface area contributed by atoms with E-state index < -0.39 is 0 Å². The Bertz CT molecular complexity index is 713. The average molecular weight is 283 g/mol. The molecule has 2 rings (SSSR count). The third kappa shape index (κ3) is 3.20. The lowest BCUT2D eigenvalue weighted by molar-refractivity contribution is 0.452. The van der Waals surface area contributed by atoms with E-state index in [2.05, 4.69) is 41.6 Å². The molecule has 0 saturated carbocycles. The van der Waals surface area contributed by atoms with Gasteiger partial charge in [-0.15, -0.1) is 6.42 Å². The molecule has 0 saturated heterocycles.